The van der Waals surface area contributed by atoms with Crippen molar-refractivity contribution >= 4 is 0 Å². The third-order valence-corrected chi connectivity index (χ3v) is 2.01. The molecule has 0 aromatic rings. The summed E-state index contributed by atoms with van der Waals surface area (Å²) >= 11 is 0. The first-order valence-electron chi connectivity index (χ1n) is 3.60. The van der Waals surface area contributed by atoms with Crippen LogP contribution in [-0.4, -0.2) is 42.9 Å². The summed E-state index contributed by atoms with van der Waals surface area (Å²) in [6, 6.07) is 0. The lowest BCUT2D eigenvalue weighted by molar-refractivity contribution is -0.898. The van der Waals surface area contributed by atoms with E-state index in [-0.39, 0.29) is 23.1 Å². The van der Waals surface area contributed by atoms with Crippen LogP contribution in [0.25, 0.3) is 0 Å². The Balaban J connectivity index is 0.000000810. The van der Waals surface area contributed by atoms with Crippen LogP contribution in [-0.2, 0) is 0 Å². The maximum Gasteiger partial charge on any atom is 0.105 e. The number of piperidine rings is 1. The van der Waals surface area contributed by atoms with Crippen molar-refractivity contribution in [3.8, 4) is 0 Å². The smallest absolute Gasteiger partial charge is 0.105 e. The minimum Gasteiger partial charge on any atom is -1.00 e. The van der Waals surface area contributed by atoms with Gasteiger partial charge in [-0.2, -0.15) is 0 Å². The third kappa shape index (κ3) is 2.99. The van der Waals surface area contributed by atoms with E-state index in [2.05, 4.69) is 14.1 Å². The Morgan fingerprint density at radius 1 is 1.40 bits per heavy atom. The quantitative estimate of drug-likeness (QED) is 0.429. The molecule has 0 bridgehead atoms. The fourth-order valence-electron chi connectivity index (χ4n) is 1.51. The second-order valence-corrected chi connectivity index (χ2v) is 3.64. The van der Waals surface area contributed by atoms with E-state index in [1.165, 1.54) is 13.0 Å². The number of aliphatic hydroxyl groups excluding tert-OH is 1. The molecule has 1 fully saturated rings. The first-order valence-corrected chi connectivity index (χ1v) is 3.60. The first kappa shape index (κ1) is 10.4. The van der Waals surface area contributed by atoms with E-state index >= 15 is 0 Å². The van der Waals surface area contributed by atoms with E-state index in [4.69, 9.17) is 0 Å². The number of likely N-dealkylation sites (N-methyl/N-ethyl adjacent to an activating group) is 1. The van der Waals surface area contributed by atoms with Gasteiger partial charge in [0, 0.05) is 0 Å². The monoisotopic (exact) mass is 209 g/mol. The van der Waals surface area contributed by atoms with Crippen molar-refractivity contribution in [3.05, 3.63) is 0 Å². The minimum absolute atomic E-state index is 0. The Hall–Kier alpha value is 0.400. The predicted octanol–water partition coefficient (Wildman–Crippen LogP) is -2.78. The molecule has 0 spiro atoms. The number of quaternary nitrogens is 1. The van der Waals surface area contributed by atoms with Gasteiger partial charge in [0.2, 0.25) is 0 Å². The lowest BCUT2D eigenvalue weighted by atomic mass is 10.1. The lowest BCUT2D eigenvalue weighted by Crippen LogP contribution is -3.00. The highest BCUT2D eigenvalue weighted by atomic mass is 79.9. The molecular formula is C7H16BrNO. The maximum absolute atomic E-state index is 9.23. The molecule has 62 valence electrons. The largest absolute Gasteiger partial charge is 1.00 e. The number of rotatable bonds is 0. The molecule has 0 amide bonds. The van der Waals surface area contributed by atoms with Crippen molar-refractivity contribution in [2.75, 3.05) is 27.2 Å². The van der Waals surface area contributed by atoms with Gasteiger partial charge in [-0.1, -0.05) is 0 Å². The SMILES string of the molecule is C[N+]1(C)CCCC(O)C1.[Br-]. The van der Waals surface area contributed by atoms with E-state index in [0.717, 1.165) is 17.4 Å². The number of nitrogens with zero attached hydrogens (tertiary/aromatic N) is 1. The van der Waals surface area contributed by atoms with Gasteiger partial charge in [-0.25, -0.2) is 0 Å². The van der Waals surface area contributed by atoms with Crippen molar-refractivity contribution in [1.82, 2.24) is 0 Å². The Kier molecular flexibility index (Phi) is 3.84. The zero-order valence-electron chi connectivity index (χ0n) is 6.68. The fraction of sp³-hybridized carbons (Fsp3) is 1.00. The number of aliphatic hydroxyl groups is 1. The molecular weight excluding hydrogens is 194 g/mol. The van der Waals surface area contributed by atoms with Crippen LogP contribution in [0.1, 0.15) is 12.8 Å². The summed E-state index contributed by atoms with van der Waals surface area (Å²) in [4.78, 5) is 0. The average molecular weight is 210 g/mol. The highest BCUT2D eigenvalue weighted by Crippen LogP contribution is 2.13. The normalized spacial score (nSPS) is 30.9. The van der Waals surface area contributed by atoms with Gasteiger partial charge in [0.15, 0.2) is 0 Å². The highest BCUT2D eigenvalue weighted by Gasteiger charge is 2.24. The van der Waals surface area contributed by atoms with Crippen LogP contribution in [0.5, 0.6) is 0 Å². The fourth-order valence-corrected chi connectivity index (χ4v) is 1.51. The molecule has 1 unspecified atom stereocenters. The van der Waals surface area contributed by atoms with Crippen LogP contribution >= 0.6 is 0 Å². The van der Waals surface area contributed by atoms with Gasteiger partial charge in [-0.3, -0.25) is 0 Å². The van der Waals surface area contributed by atoms with Gasteiger partial charge in [-0.15, -0.1) is 0 Å². The van der Waals surface area contributed by atoms with Crippen LogP contribution in [0.15, 0.2) is 0 Å². The predicted molar refractivity (Wildman–Crippen MR) is 37.1 cm³/mol. The van der Waals surface area contributed by atoms with E-state index in [9.17, 15) is 5.11 Å². The number of hydrogen-bond acceptors (Lipinski definition) is 1. The molecule has 1 aliphatic rings. The molecule has 1 heterocycles. The maximum atomic E-state index is 9.23. The topological polar surface area (TPSA) is 20.2 Å². The molecule has 1 atom stereocenters. The summed E-state index contributed by atoms with van der Waals surface area (Å²) in [5, 5.41) is 9.23. The molecule has 1 aliphatic heterocycles. The summed E-state index contributed by atoms with van der Waals surface area (Å²) in [7, 11) is 4.34. The Morgan fingerprint density at radius 2 is 2.00 bits per heavy atom. The second-order valence-electron chi connectivity index (χ2n) is 3.64. The lowest BCUT2D eigenvalue weighted by Gasteiger charge is -2.35. The second kappa shape index (κ2) is 3.69. The molecule has 1 rings (SSSR count). The average Bonchev–Trinajstić information content (AvgIpc) is 1.60. The Morgan fingerprint density at radius 3 is 2.30 bits per heavy atom. The summed E-state index contributed by atoms with van der Waals surface area (Å²) in [6.45, 7) is 2.15. The van der Waals surface area contributed by atoms with Crippen LogP contribution in [0.2, 0.25) is 0 Å². The van der Waals surface area contributed by atoms with Crippen LogP contribution < -0.4 is 17.0 Å². The zero-order valence-corrected chi connectivity index (χ0v) is 8.26. The molecule has 1 saturated heterocycles. The zero-order chi connectivity index (χ0) is 6.91. The van der Waals surface area contributed by atoms with Crippen LogP contribution in [0.4, 0.5) is 0 Å². The highest BCUT2D eigenvalue weighted by molar-refractivity contribution is 4.59. The van der Waals surface area contributed by atoms with E-state index in [0.29, 0.717) is 0 Å². The van der Waals surface area contributed by atoms with Crippen LogP contribution in [0.3, 0.4) is 0 Å². The summed E-state index contributed by atoms with van der Waals surface area (Å²) in [6.07, 6.45) is 2.13. The standard InChI is InChI=1S/C7H16NO.BrH/c1-8(2)5-3-4-7(9)6-8;/h7,9H,3-6H2,1-2H3;1H/q+1;/p-1. The van der Waals surface area contributed by atoms with Gasteiger partial charge < -0.3 is 26.6 Å². The summed E-state index contributed by atoms with van der Waals surface area (Å²) in [5.41, 5.74) is 0. The molecule has 10 heavy (non-hydrogen) atoms. The van der Waals surface area contributed by atoms with Gasteiger partial charge in [0.25, 0.3) is 0 Å². The molecule has 0 aliphatic carbocycles. The molecule has 1 N–H and O–H groups in total. The van der Waals surface area contributed by atoms with Gasteiger partial charge >= 0.3 is 0 Å². The van der Waals surface area contributed by atoms with E-state index in [1.807, 2.05) is 0 Å². The summed E-state index contributed by atoms with van der Waals surface area (Å²) in [5.74, 6) is 0. The number of hydrogen-bond donors (Lipinski definition) is 1. The summed E-state index contributed by atoms with van der Waals surface area (Å²) < 4.78 is 0.987. The van der Waals surface area contributed by atoms with Gasteiger partial charge in [0.1, 0.15) is 12.6 Å². The van der Waals surface area contributed by atoms with Crippen molar-refractivity contribution in [2.24, 2.45) is 0 Å². The first-order chi connectivity index (χ1) is 4.10. The molecule has 2 nitrogen and oxygen atoms in total. The number of likely N-dealkylation sites (tertiary alicyclic amines) is 1. The minimum atomic E-state index is -0.0475. The number of halogens is 1. The molecule has 3 heteroatoms. The molecule has 0 saturated carbocycles. The van der Waals surface area contributed by atoms with Crippen LogP contribution in [0, 0.1) is 0 Å². The Labute approximate surface area is 73.2 Å². The van der Waals surface area contributed by atoms with Crippen molar-refractivity contribution < 1.29 is 26.6 Å². The van der Waals surface area contributed by atoms with Gasteiger partial charge in [0.05, 0.1) is 20.6 Å². The van der Waals surface area contributed by atoms with E-state index < -0.39 is 0 Å². The van der Waals surface area contributed by atoms with Crippen molar-refractivity contribution in [1.29, 1.82) is 0 Å². The van der Waals surface area contributed by atoms with E-state index in [1.54, 1.807) is 0 Å². The Bertz CT molecular complexity index is 106. The van der Waals surface area contributed by atoms with Gasteiger partial charge in [-0.05, 0) is 12.8 Å². The molecule has 0 aromatic carbocycles. The third-order valence-electron chi connectivity index (χ3n) is 2.01. The van der Waals surface area contributed by atoms with Crippen molar-refractivity contribution in [3.63, 3.8) is 0 Å². The molecule has 0 radical (unpaired) electrons. The van der Waals surface area contributed by atoms with Crippen molar-refractivity contribution in [2.45, 2.75) is 18.9 Å². The molecule has 0 aromatic heterocycles.